The lowest BCUT2D eigenvalue weighted by molar-refractivity contribution is -0.139. The van der Waals surface area contributed by atoms with Gasteiger partial charge in [-0.1, -0.05) is 36.4 Å². The van der Waals surface area contributed by atoms with Crippen LogP contribution < -0.4 is 4.74 Å². The predicted octanol–water partition coefficient (Wildman–Crippen LogP) is 2.89. The fourth-order valence-corrected chi connectivity index (χ4v) is 3.23. The smallest absolute Gasteiger partial charge is 0.341 e. The summed E-state index contributed by atoms with van der Waals surface area (Å²) in [5.74, 6) is -0.802. The van der Waals surface area contributed by atoms with Crippen molar-refractivity contribution in [3.8, 4) is 5.75 Å². The summed E-state index contributed by atoms with van der Waals surface area (Å²) in [5, 5.41) is 8.68. The molecule has 140 valence electrons. The van der Waals surface area contributed by atoms with E-state index in [0.29, 0.717) is 42.8 Å². The van der Waals surface area contributed by atoms with E-state index in [-0.39, 0.29) is 17.6 Å². The highest BCUT2D eigenvalue weighted by Gasteiger charge is 2.28. The van der Waals surface area contributed by atoms with Crippen LogP contribution in [0.15, 0.2) is 54.6 Å². The molecule has 6 heteroatoms. The largest absolute Gasteiger partial charge is 0.482 e. The number of carboxylic acids is 1. The number of amides is 1. The van der Waals surface area contributed by atoms with Gasteiger partial charge in [0.25, 0.3) is 5.91 Å². The quantitative estimate of drug-likeness (QED) is 0.794. The molecule has 0 radical (unpaired) electrons. The maximum atomic E-state index is 12.7. The Balaban J connectivity index is 1.59. The highest BCUT2D eigenvalue weighted by atomic mass is 16.5. The molecular weight excluding hydrogens is 346 g/mol. The molecule has 27 heavy (non-hydrogen) atoms. The molecule has 0 unspecified atom stereocenters. The monoisotopic (exact) mass is 367 g/mol. The van der Waals surface area contributed by atoms with Crippen LogP contribution in [0.25, 0.3) is 0 Å². The van der Waals surface area contributed by atoms with Crippen LogP contribution in [0.1, 0.15) is 33.6 Å². The van der Waals surface area contributed by atoms with Crippen LogP contribution in [-0.2, 0) is 4.79 Å². The molecule has 6 nitrogen and oxygen atoms in total. The zero-order valence-corrected chi connectivity index (χ0v) is 14.8. The lowest BCUT2D eigenvalue weighted by Crippen LogP contribution is -2.40. The summed E-state index contributed by atoms with van der Waals surface area (Å²) in [6.07, 6.45) is 1.27. The lowest BCUT2D eigenvalue weighted by atomic mass is 9.88. The number of ketones is 1. The molecular formula is C21H21NO5. The molecule has 0 aromatic heterocycles. The van der Waals surface area contributed by atoms with Gasteiger partial charge in [-0.05, 0) is 31.0 Å². The highest BCUT2D eigenvalue weighted by Crippen LogP contribution is 2.24. The summed E-state index contributed by atoms with van der Waals surface area (Å²) >= 11 is 0. The number of nitrogens with zero attached hydrogens (tertiary/aromatic N) is 1. The average molecular weight is 367 g/mol. The van der Waals surface area contributed by atoms with E-state index in [0.717, 1.165) is 0 Å². The van der Waals surface area contributed by atoms with E-state index in [1.54, 1.807) is 29.2 Å². The van der Waals surface area contributed by atoms with Gasteiger partial charge in [-0.3, -0.25) is 9.59 Å². The Bertz CT molecular complexity index is 825. The number of hydrogen-bond donors (Lipinski definition) is 1. The van der Waals surface area contributed by atoms with Gasteiger partial charge >= 0.3 is 5.97 Å². The maximum Gasteiger partial charge on any atom is 0.341 e. The van der Waals surface area contributed by atoms with Gasteiger partial charge in [0.15, 0.2) is 12.4 Å². The predicted molar refractivity (Wildman–Crippen MR) is 99.0 cm³/mol. The molecule has 1 heterocycles. The van der Waals surface area contributed by atoms with Crippen molar-refractivity contribution in [2.45, 2.75) is 12.8 Å². The lowest BCUT2D eigenvalue weighted by Gasteiger charge is -2.31. The Morgan fingerprint density at radius 1 is 0.963 bits per heavy atom. The minimum Gasteiger partial charge on any atom is -0.482 e. The van der Waals surface area contributed by atoms with Gasteiger partial charge in [-0.2, -0.15) is 0 Å². The number of Topliss-reactive ketones (excluding diaryl/α,β-unsaturated/α-hetero) is 1. The fraction of sp³-hybridized carbons (Fsp3) is 0.286. The van der Waals surface area contributed by atoms with Crippen LogP contribution in [0, 0.1) is 5.92 Å². The van der Waals surface area contributed by atoms with E-state index in [1.807, 2.05) is 30.3 Å². The van der Waals surface area contributed by atoms with Crippen molar-refractivity contribution in [3.05, 3.63) is 65.7 Å². The van der Waals surface area contributed by atoms with Crippen molar-refractivity contribution in [1.82, 2.24) is 4.90 Å². The van der Waals surface area contributed by atoms with Crippen molar-refractivity contribution in [2.24, 2.45) is 5.92 Å². The number of hydrogen-bond acceptors (Lipinski definition) is 4. The number of carbonyl (C=O) groups is 3. The van der Waals surface area contributed by atoms with E-state index in [1.165, 1.54) is 0 Å². The first-order valence-electron chi connectivity index (χ1n) is 8.88. The number of ether oxygens (including phenoxy) is 1. The van der Waals surface area contributed by atoms with Gasteiger partial charge in [0.2, 0.25) is 0 Å². The van der Waals surface area contributed by atoms with Gasteiger partial charge in [0.1, 0.15) is 5.75 Å². The Hall–Kier alpha value is -3.15. The van der Waals surface area contributed by atoms with Gasteiger partial charge in [-0.15, -0.1) is 0 Å². The van der Waals surface area contributed by atoms with Crippen LogP contribution in [-0.4, -0.2) is 47.4 Å². The molecule has 3 rings (SSSR count). The second-order valence-corrected chi connectivity index (χ2v) is 6.51. The Morgan fingerprint density at radius 3 is 2.30 bits per heavy atom. The molecule has 1 aliphatic heterocycles. The zero-order valence-electron chi connectivity index (χ0n) is 14.8. The van der Waals surface area contributed by atoms with Crippen molar-refractivity contribution in [1.29, 1.82) is 0 Å². The highest BCUT2D eigenvalue weighted by molar-refractivity contribution is 5.98. The third kappa shape index (κ3) is 4.73. The molecule has 2 aromatic rings. The van der Waals surface area contributed by atoms with Crippen LogP contribution in [0.2, 0.25) is 0 Å². The Morgan fingerprint density at radius 2 is 1.63 bits per heavy atom. The van der Waals surface area contributed by atoms with Crippen molar-refractivity contribution >= 4 is 17.7 Å². The Kier molecular flexibility index (Phi) is 5.86. The minimum atomic E-state index is -1.07. The summed E-state index contributed by atoms with van der Waals surface area (Å²) in [5.41, 5.74) is 1.16. The molecule has 1 saturated heterocycles. The van der Waals surface area contributed by atoms with Crippen LogP contribution in [0.3, 0.4) is 0 Å². The molecule has 1 N–H and O–H groups in total. The number of piperidine rings is 1. The van der Waals surface area contributed by atoms with E-state index < -0.39 is 12.6 Å². The number of rotatable bonds is 6. The summed E-state index contributed by atoms with van der Waals surface area (Å²) < 4.78 is 5.13. The van der Waals surface area contributed by atoms with Gasteiger partial charge in [0, 0.05) is 30.1 Å². The third-order valence-corrected chi connectivity index (χ3v) is 4.65. The van der Waals surface area contributed by atoms with Gasteiger partial charge in [-0.25, -0.2) is 4.79 Å². The number of carboxylic acid groups (broad SMARTS) is 1. The first kappa shape index (κ1) is 18.6. The van der Waals surface area contributed by atoms with E-state index in [9.17, 15) is 14.4 Å². The van der Waals surface area contributed by atoms with E-state index >= 15 is 0 Å². The van der Waals surface area contributed by atoms with Gasteiger partial charge in [0.05, 0.1) is 0 Å². The summed E-state index contributed by atoms with van der Waals surface area (Å²) in [6, 6.07) is 15.7. The number of benzene rings is 2. The standard InChI is InChI=1S/C21H21NO5/c23-19(24)14-27-18-8-4-7-17(13-18)21(26)22-11-9-16(10-12-22)20(25)15-5-2-1-3-6-15/h1-8,13,16H,9-12,14H2,(H,23,24). The SMILES string of the molecule is O=C(O)COc1cccc(C(=O)N2CCC(C(=O)c3ccccc3)CC2)c1. The van der Waals surface area contributed by atoms with Crippen LogP contribution >= 0.6 is 0 Å². The van der Waals surface area contributed by atoms with Crippen LogP contribution in [0.5, 0.6) is 5.75 Å². The molecule has 0 aliphatic carbocycles. The number of aliphatic carboxylic acids is 1. The summed E-state index contributed by atoms with van der Waals surface area (Å²) in [4.78, 5) is 37.6. The second-order valence-electron chi connectivity index (χ2n) is 6.51. The number of carbonyl (C=O) groups excluding carboxylic acids is 2. The van der Waals surface area contributed by atoms with Crippen molar-refractivity contribution < 1.29 is 24.2 Å². The topological polar surface area (TPSA) is 83.9 Å². The average Bonchev–Trinajstić information content (AvgIpc) is 2.72. The van der Waals surface area contributed by atoms with E-state index in [2.05, 4.69) is 0 Å². The molecule has 1 amide bonds. The summed E-state index contributed by atoms with van der Waals surface area (Å²) in [6.45, 7) is 0.579. The molecule has 1 fully saturated rings. The third-order valence-electron chi connectivity index (χ3n) is 4.65. The molecule has 1 aliphatic rings. The van der Waals surface area contributed by atoms with E-state index in [4.69, 9.17) is 9.84 Å². The molecule has 0 atom stereocenters. The second kappa shape index (κ2) is 8.49. The van der Waals surface area contributed by atoms with Crippen molar-refractivity contribution in [2.75, 3.05) is 19.7 Å². The first-order chi connectivity index (χ1) is 13.0. The molecule has 0 saturated carbocycles. The zero-order chi connectivity index (χ0) is 19.2. The molecule has 0 bridgehead atoms. The molecule has 2 aromatic carbocycles. The summed E-state index contributed by atoms with van der Waals surface area (Å²) in [7, 11) is 0. The van der Waals surface area contributed by atoms with Crippen LogP contribution in [0.4, 0.5) is 0 Å². The normalized spacial score (nSPS) is 14.6. The minimum absolute atomic E-state index is 0.0679. The fourth-order valence-electron chi connectivity index (χ4n) is 3.23. The van der Waals surface area contributed by atoms with Gasteiger partial charge < -0.3 is 14.7 Å². The molecule has 0 spiro atoms. The first-order valence-corrected chi connectivity index (χ1v) is 8.88. The Labute approximate surface area is 157 Å². The van der Waals surface area contributed by atoms with Crippen molar-refractivity contribution in [3.63, 3.8) is 0 Å². The number of likely N-dealkylation sites (tertiary alicyclic amines) is 1. The maximum absolute atomic E-state index is 12.7.